The van der Waals surface area contributed by atoms with E-state index < -0.39 is 117 Å². The SMILES string of the molecule is C.CC(F)(F)C1(C#CC2CC2)NC(=O)Nc2cc(CCl)c(F)cc21.CC(F)(F)C1(C#CC2CC2)NC(=O)Nc2cc(CO)c(F)cc21.[B][B]B([B])B(B([B])[B])B(B(B([B])[B])B([B])[B])B(B([B])[B])B([B])[B]. The molecule has 2 unspecified atom stereocenters. The Balaban J connectivity index is 0.000000276. The van der Waals surface area contributed by atoms with Crippen molar-refractivity contribution >= 4 is 199 Å². The van der Waals surface area contributed by atoms with Crippen molar-refractivity contribution in [1.29, 1.82) is 0 Å². The van der Waals surface area contributed by atoms with E-state index >= 15 is 0 Å². The number of aliphatic hydroxyl groups is 1. The number of carbonyl (C=O) groups is 2. The summed E-state index contributed by atoms with van der Waals surface area (Å²) >= 11 is 5.64. The number of nitrogens with one attached hydrogen (secondary N) is 4. The standard InChI is InChI=1S/C16H14ClF3N2O.C16H15F3N2O2.CH4.B23/c1-15(19,20)16(5-4-9-2-3-9)11-7-12(18)10(8-17)6-13(11)21-14(23)22-16;1-15(18,19)16(5-4-9-2-3-9)11-7-12(17)10(8-22)6-13(11)20-14(23)21-16;;1-13-19(12)22(18(10)11)23(20(14(2)3)15(4)5)21(16(6)7)17(8)9/h6-7,9H,2-3,8H2,1H3,(H2,21,22,23);6-7,9,22H,2-3,8H2,1H3,(H2,20,21,23);1H4;. The van der Waals surface area contributed by atoms with Crippen molar-refractivity contribution in [2.24, 2.45) is 11.8 Å². The predicted molar refractivity (Wildman–Crippen MR) is 297 cm³/mol. The van der Waals surface area contributed by atoms with E-state index in [0.717, 1.165) is 43.9 Å². The van der Waals surface area contributed by atoms with E-state index in [0.29, 0.717) is 13.8 Å². The minimum atomic E-state index is -3.44. The largest absolute Gasteiger partial charge is 0.392 e. The molecule has 2 aromatic carbocycles. The number of benzene rings is 2. The molecule has 2 aromatic rings. The van der Waals surface area contributed by atoms with Crippen LogP contribution in [0.3, 0.4) is 0 Å². The number of hydrogen-bond donors (Lipinski definition) is 5. The monoisotopic (exact) mass is 935 g/mol. The Bertz CT molecular complexity index is 2140. The van der Waals surface area contributed by atoms with Crippen LogP contribution in [0.4, 0.5) is 47.3 Å². The zero-order chi connectivity index (χ0) is 52.1. The van der Waals surface area contributed by atoms with Crippen LogP contribution in [0.2, 0.25) is 0 Å². The van der Waals surface area contributed by atoms with Gasteiger partial charge in [0.05, 0.1) is 12.5 Å². The molecule has 37 heteroatoms. The van der Waals surface area contributed by atoms with Crippen LogP contribution < -0.4 is 21.3 Å². The molecule has 2 saturated carbocycles. The van der Waals surface area contributed by atoms with Crippen LogP contribution in [0.5, 0.6) is 0 Å². The fourth-order valence-electron chi connectivity index (χ4n) is 8.26. The van der Waals surface area contributed by atoms with E-state index in [1.54, 1.807) is 0 Å². The van der Waals surface area contributed by atoms with Gasteiger partial charge in [-0.25, -0.2) is 35.9 Å². The summed E-state index contributed by atoms with van der Waals surface area (Å²) in [5, 5.41) is 18.3. The fourth-order valence-corrected chi connectivity index (χ4v) is 8.47. The Labute approximate surface area is 434 Å². The van der Waals surface area contributed by atoms with E-state index in [1.165, 1.54) is 13.1 Å². The highest BCUT2D eigenvalue weighted by molar-refractivity contribution is 8.22. The van der Waals surface area contributed by atoms with Gasteiger partial charge in [-0.15, -0.1) is 11.6 Å². The fraction of sp³-hybridized carbons (Fsp3) is 0.455. The van der Waals surface area contributed by atoms with E-state index in [1.807, 2.05) is 0 Å². The Morgan fingerprint density at radius 3 is 1.29 bits per heavy atom. The molecule has 2 aliphatic carbocycles. The summed E-state index contributed by atoms with van der Waals surface area (Å²) in [6, 6.07) is 2.64. The Hall–Kier alpha value is -2.58. The van der Waals surface area contributed by atoms with Gasteiger partial charge in [-0.05, 0) is 49.9 Å². The molecule has 25 radical (unpaired) electrons. The topological polar surface area (TPSA) is 102 Å². The Kier molecular flexibility index (Phi) is 22.1. The van der Waals surface area contributed by atoms with Gasteiger partial charge in [-0.1, -0.05) is 31.1 Å². The number of alkyl halides is 5. The lowest BCUT2D eigenvalue weighted by molar-refractivity contribution is -0.0468. The molecule has 0 bridgehead atoms. The summed E-state index contributed by atoms with van der Waals surface area (Å²) in [5.41, 5.74) is -4.66. The first kappa shape index (κ1) is 61.7. The smallest absolute Gasteiger partial charge is 0.320 e. The van der Waals surface area contributed by atoms with Crippen molar-refractivity contribution in [1.82, 2.24) is 10.6 Å². The maximum absolute atomic E-state index is 14.4. The molecule has 0 spiro atoms. The number of fused-ring (bicyclic) bond motifs is 2. The molecule has 2 heterocycles. The lowest BCUT2D eigenvalue weighted by Gasteiger charge is -2.45. The average Bonchev–Trinajstić information content (AvgIpc) is 4.17. The number of hydrogen-bond acceptors (Lipinski definition) is 3. The van der Waals surface area contributed by atoms with Crippen LogP contribution >= 0.6 is 11.6 Å². The molecule has 4 aliphatic rings. The Morgan fingerprint density at radius 2 is 1.00 bits per heavy atom. The number of anilines is 2. The number of halogens is 7. The highest BCUT2D eigenvalue weighted by atomic mass is 35.5. The van der Waals surface area contributed by atoms with Crippen molar-refractivity contribution in [3.8, 4) is 23.7 Å². The van der Waals surface area contributed by atoms with Crippen LogP contribution in [-0.2, 0) is 23.6 Å². The molecule has 2 aliphatic heterocycles. The molecule has 4 amide bonds. The summed E-state index contributed by atoms with van der Waals surface area (Å²) in [7, 11) is 71.4. The summed E-state index contributed by atoms with van der Waals surface area (Å²) in [6.07, 6.45) is -4.68. The van der Waals surface area contributed by atoms with Crippen molar-refractivity contribution < 1.29 is 41.0 Å². The highest BCUT2D eigenvalue weighted by Crippen LogP contribution is 2.46. The molecular formula is C33H33B23ClF6N4O3. The zero-order valence-electron chi connectivity index (χ0n) is 37.9. The summed E-state index contributed by atoms with van der Waals surface area (Å²) in [6.45, 7) is 0.699. The average molecular weight is 932 g/mol. The molecule has 321 valence electrons. The molecule has 0 saturated heterocycles. The van der Waals surface area contributed by atoms with E-state index in [2.05, 4.69) is 44.9 Å². The van der Waals surface area contributed by atoms with Gasteiger partial charge in [-0.2, -0.15) is 0 Å². The molecule has 0 aromatic heterocycles. The third-order valence-corrected chi connectivity index (χ3v) is 12.5. The van der Waals surface area contributed by atoms with Gasteiger partial charge in [0.2, 0.25) is 0 Å². The predicted octanol–water partition coefficient (Wildman–Crippen LogP) is -1.44. The van der Waals surface area contributed by atoms with Crippen LogP contribution in [0, 0.1) is 47.2 Å². The van der Waals surface area contributed by atoms with Crippen LogP contribution in [0.1, 0.15) is 69.2 Å². The van der Waals surface area contributed by atoms with Crippen molar-refractivity contribution in [3.05, 3.63) is 58.2 Å². The summed E-state index contributed by atoms with van der Waals surface area (Å²) < 4.78 is 85.7. The Morgan fingerprint density at radius 1 is 0.657 bits per heavy atom. The molecular weight excluding hydrogens is 899 g/mol. The van der Waals surface area contributed by atoms with Gasteiger partial charge >= 0.3 is 12.1 Å². The second-order valence-corrected chi connectivity index (χ2v) is 18.0. The van der Waals surface area contributed by atoms with E-state index in [4.69, 9.17) is 110 Å². The van der Waals surface area contributed by atoms with E-state index in [9.17, 15) is 35.9 Å². The summed E-state index contributed by atoms with van der Waals surface area (Å²) in [5.74, 6) is 2.08. The first-order valence-corrected chi connectivity index (χ1v) is 22.2. The van der Waals surface area contributed by atoms with Gasteiger partial charge in [0.15, 0.2) is 11.1 Å². The highest BCUT2D eigenvalue weighted by Gasteiger charge is 2.57. The zero-order valence-corrected chi connectivity index (χ0v) is 38.7. The first-order chi connectivity index (χ1) is 32.0. The van der Waals surface area contributed by atoms with Crippen LogP contribution in [0.25, 0.3) is 0 Å². The third kappa shape index (κ3) is 14.4. The minimum absolute atomic E-state index is 0. The van der Waals surface area contributed by atoms with Gasteiger partial charge in [0.25, 0.3) is 11.8 Å². The number of aliphatic hydroxyl groups excluding tert-OH is 1. The van der Waals surface area contributed by atoms with E-state index in [-0.39, 0.29) is 58.8 Å². The molecule has 5 N–H and O–H groups in total. The van der Waals surface area contributed by atoms with Crippen molar-refractivity contribution in [3.63, 3.8) is 0 Å². The number of carbonyl (C=O) groups excluding carboxylic acids is 2. The van der Waals surface area contributed by atoms with Gasteiger partial charge < -0.3 is 26.4 Å². The third-order valence-electron chi connectivity index (χ3n) is 12.2. The number of urea groups is 2. The quantitative estimate of drug-likeness (QED) is 0.0696. The van der Waals surface area contributed by atoms with Gasteiger partial charge in [0, 0.05) is 223 Å². The molecule has 2 atom stereocenters. The number of amides is 4. The molecule has 7 nitrogen and oxygen atoms in total. The second kappa shape index (κ2) is 25.1. The molecule has 2 fully saturated rings. The lowest BCUT2D eigenvalue weighted by Crippen LogP contribution is -2.83. The summed E-state index contributed by atoms with van der Waals surface area (Å²) in [4.78, 5) is 23.7. The van der Waals surface area contributed by atoms with Crippen molar-refractivity contribution in [2.75, 3.05) is 10.6 Å². The maximum Gasteiger partial charge on any atom is 0.320 e. The minimum Gasteiger partial charge on any atom is -0.392 e. The normalized spacial score (nSPS) is 18.3. The molecule has 6 rings (SSSR count). The number of rotatable bonds is 14. The molecule has 70 heavy (non-hydrogen) atoms. The van der Waals surface area contributed by atoms with Gasteiger partial charge in [0.1, 0.15) is 11.6 Å². The first-order valence-electron chi connectivity index (χ1n) is 21.7. The van der Waals surface area contributed by atoms with Crippen LogP contribution in [0.15, 0.2) is 24.3 Å². The van der Waals surface area contributed by atoms with Crippen LogP contribution in [-0.4, -0.2) is 193 Å². The lowest BCUT2D eigenvalue weighted by atomic mass is 8.36. The van der Waals surface area contributed by atoms with Crippen molar-refractivity contribution in [2.45, 2.75) is 82.4 Å². The second-order valence-electron chi connectivity index (χ2n) is 17.8. The maximum atomic E-state index is 14.4. The van der Waals surface area contributed by atoms with Gasteiger partial charge in [-0.3, -0.25) is 0 Å².